The predicted octanol–water partition coefficient (Wildman–Crippen LogP) is 3.73. The van der Waals surface area contributed by atoms with Gasteiger partial charge in [0.15, 0.2) is 5.82 Å². The third-order valence-corrected chi connectivity index (χ3v) is 8.67. The summed E-state index contributed by atoms with van der Waals surface area (Å²) in [5, 5.41) is 7.20. The van der Waals surface area contributed by atoms with Crippen molar-refractivity contribution in [1.29, 1.82) is 0 Å². The van der Waals surface area contributed by atoms with Crippen LogP contribution in [-0.2, 0) is 22.0 Å². The Hall–Kier alpha value is -3.40. The second-order valence-electron chi connectivity index (χ2n) is 9.05. The first kappa shape index (κ1) is 23.3. The number of benzene rings is 2. The van der Waals surface area contributed by atoms with Crippen molar-refractivity contribution < 1.29 is 22.5 Å². The van der Waals surface area contributed by atoms with E-state index >= 15 is 0 Å². The summed E-state index contributed by atoms with van der Waals surface area (Å²) in [5.74, 6) is 0.721. The Morgan fingerprint density at radius 1 is 1.14 bits per heavy atom. The van der Waals surface area contributed by atoms with Crippen molar-refractivity contribution in [1.82, 2.24) is 15.5 Å². The normalized spacial score (nSPS) is 17.1. The maximum atomic E-state index is 13.6. The summed E-state index contributed by atoms with van der Waals surface area (Å²) in [6.45, 7) is 2.07. The third-order valence-electron chi connectivity index (χ3n) is 6.86. The first-order valence-electron chi connectivity index (χ1n) is 11.8. The van der Waals surface area contributed by atoms with Crippen molar-refractivity contribution in [2.24, 2.45) is 0 Å². The molecule has 9 nitrogen and oxygen atoms in total. The topological polar surface area (TPSA) is 115 Å². The molecule has 0 spiro atoms. The van der Waals surface area contributed by atoms with E-state index < -0.39 is 21.5 Å². The summed E-state index contributed by atoms with van der Waals surface area (Å²) in [5.41, 5.74) is 1.02. The van der Waals surface area contributed by atoms with Crippen molar-refractivity contribution in [3.05, 3.63) is 65.3 Å². The number of ether oxygens (including phenoxy) is 1. The van der Waals surface area contributed by atoms with Crippen molar-refractivity contribution >= 4 is 21.6 Å². The van der Waals surface area contributed by atoms with Gasteiger partial charge in [0.1, 0.15) is 11.3 Å². The molecule has 0 radical (unpaired) electrons. The Labute approximate surface area is 204 Å². The molecule has 2 heterocycles. The molecule has 1 aliphatic heterocycles. The summed E-state index contributed by atoms with van der Waals surface area (Å²) in [6.07, 6.45) is 4.86. The predicted molar refractivity (Wildman–Crippen MR) is 129 cm³/mol. The largest absolute Gasteiger partial charge is 0.496 e. The molecule has 2 aromatic carbocycles. The maximum Gasteiger partial charge on any atom is 0.264 e. The smallest absolute Gasteiger partial charge is 0.264 e. The molecule has 1 aromatic heterocycles. The maximum absolute atomic E-state index is 13.6. The number of aromatic nitrogens is 2. The van der Waals surface area contributed by atoms with Crippen LogP contribution in [0.2, 0.25) is 0 Å². The minimum atomic E-state index is -3.87. The van der Waals surface area contributed by atoms with Crippen LogP contribution in [0, 0.1) is 6.92 Å². The van der Waals surface area contributed by atoms with Crippen LogP contribution in [0.4, 0.5) is 5.69 Å². The third kappa shape index (κ3) is 4.16. The molecule has 1 amide bonds. The summed E-state index contributed by atoms with van der Waals surface area (Å²) in [4.78, 5) is 18.0. The number of carbonyl (C=O) groups excluding carboxylic acids is 1. The number of anilines is 1. The molecule has 1 fully saturated rings. The molecule has 0 bridgehead atoms. The van der Waals surface area contributed by atoms with Gasteiger partial charge in [-0.15, -0.1) is 0 Å². The van der Waals surface area contributed by atoms with Gasteiger partial charge in [0.05, 0.1) is 23.3 Å². The molecule has 0 unspecified atom stereocenters. The number of para-hydroxylation sites is 1. The fourth-order valence-electron chi connectivity index (χ4n) is 5.05. The van der Waals surface area contributed by atoms with Crippen LogP contribution in [0.15, 0.2) is 51.9 Å². The number of methoxy groups -OCH3 is 1. The lowest BCUT2D eigenvalue weighted by Crippen LogP contribution is -2.48. The van der Waals surface area contributed by atoms with Crippen LogP contribution in [-0.4, -0.2) is 38.1 Å². The van der Waals surface area contributed by atoms with Crippen molar-refractivity contribution in [2.45, 2.75) is 55.9 Å². The standard InChI is InChI=1S/C25H28N4O5S/c1-17-26-24(28-34-17)25(13-6-3-7-14-25)27-23(30)20-16-19(10-11-22(20)33-2)35(31,32)29-15-12-18-8-4-5-9-21(18)29/h4-5,8-11,16H,3,6-7,12-15H2,1-2H3,(H,27,30). The number of amides is 1. The van der Waals surface area contributed by atoms with Crippen LogP contribution in [0.25, 0.3) is 0 Å². The highest BCUT2D eigenvalue weighted by atomic mass is 32.2. The highest BCUT2D eigenvalue weighted by molar-refractivity contribution is 7.92. The molecule has 0 saturated heterocycles. The SMILES string of the molecule is COc1ccc(S(=O)(=O)N2CCc3ccccc32)cc1C(=O)NC1(c2noc(C)n2)CCCCC1. The molecule has 3 aromatic rings. The van der Waals surface area contributed by atoms with Crippen molar-refractivity contribution in [3.63, 3.8) is 0 Å². The lowest BCUT2D eigenvalue weighted by atomic mass is 9.80. The van der Waals surface area contributed by atoms with Gasteiger partial charge in [-0.05, 0) is 49.1 Å². The molecular formula is C25H28N4O5S. The lowest BCUT2D eigenvalue weighted by Gasteiger charge is -2.35. The molecular weight excluding hydrogens is 468 g/mol. The van der Waals surface area contributed by atoms with Crippen LogP contribution in [0.1, 0.15) is 59.7 Å². The van der Waals surface area contributed by atoms with E-state index in [2.05, 4.69) is 15.5 Å². The number of rotatable bonds is 6. The molecule has 2 aliphatic rings. The monoisotopic (exact) mass is 496 g/mol. The number of hydrogen-bond donors (Lipinski definition) is 1. The van der Waals surface area contributed by atoms with E-state index in [1.54, 1.807) is 13.0 Å². The minimum absolute atomic E-state index is 0.0354. The van der Waals surface area contributed by atoms with Gasteiger partial charge >= 0.3 is 0 Å². The van der Waals surface area contributed by atoms with Gasteiger partial charge in [0, 0.05) is 13.5 Å². The zero-order chi connectivity index (χ0) is 24.6. The average molecular weight is 497 g/mol. The van der Waals surface area contributed by atoms with Gasteiger partial charge in [-0.1, -0.05) is 42.6 Å². The molecule has 0 atom stereocenters. The number of nitrogens with zero attached hydrogens (tertiary/aromatic N) is 3. The Morgan fingerprint density at radius 3 is 2.63 bits per heavy atom. The van der Waals surface area contributed by atoms with Crippen LogP contribution in [0.5, 0.6) is 5.75 Å². The zero-order valence-corrected chi connectivity index (χ0v) is 20.6. The molecule has 184 valence electrons. The Balaban J connectivity index is 1.50. The van der Waals surface area contributed by atoms with E-state index in [1.807, 2.05) is 18.2 Å². The summed E-state index contributed by atoms with van der Waals surface area (Å²) in [7, 11) is -2.42. The number of carbonyl (C=O) groups is 1. The summed E-state index contributed by atoms with van der Waals surface area (Å²) in [6, 6.07) is 11.8. The highest BCUT2D eigenvalue weighted by Gasteiger charge is 2.40. The molecule has 35 heavy (non-hydrogen) atoms. The molecule has 1 aliphatic carbocycles. The van der Waals surface area contributed by atoms with Crippen LogP contribution < -0.4 is 14.4 Å². The van der Waals surface area contributed by atoms with Crippen molar-refractivity contribution in [3.8, 4) is 5.75 Å². The second kappa shape index (κ2) is 8.99. The summed E-state index contributed by atoms with van der Waals surface area (Å²) < 4.78 is 39.2. The van der Waals surface area contributed by atoms with E-state index in [9.17, 15) is 13.2 Å². The number of aryl methyl sites for hydroxylation is 1. The highest BCUT2D eigenvalue weighted by Crippen LogP contribution is 2.37. The fraction of sp³-hybridized carbons (Fsp3) is 0.400. The first-order valence-corrected chi connectivity index (χ1v) is 13.2. The Morgan fingerprint density at radius 2 is 1.91 bits per heavy atom. The molecule has 1 N–H and O–H groups in total. The number of fused-ring (bicyclic) bond motifs is 1. The van der Waals surface area contributed by atoms with Crippen LogP contribution >= 0.6 is 0 Å². The molecule has 5 rings (SSSR count). The van der Waals surface area contributed by atoms with E-state index in [1.165, 1.54) is 29.6 Å². The number of hydrogen-bond acceptors (Lipinski definition) is 7. The number of nitrogens with one attached hydrogen (secondary N) is 1. The van der Waals surface area contributed by atoms with Gasteiger partial charge in [-0.25, -0.2) is 8.42 Å². The van der Waals surface area contributed by atoms with E-state index in [0.29, 0.717) is 49.0 Å². The number of sulfonamides is 1. The lowest BCUT2D eigenvalue weighted by molar-refractivity contribution is 0.0852. The quantitative estimate of drug-likeness (QED) is 0.553. The molecule has 1 saturated carbocycles. The van der Waals surface area contributed by atoms with E-state index in [4.69, 9.17) is 9.26 Å². The zero-order valence-electron chi connectivity index (χ0n) is 19.8. The van der Waals surface area contributed by atoms with Gasteiger partial charge in [-0.3, -0.25) is 9.10 Å². The minimum Gasteiger partial charge on any atom is -0.496 e. The van der Waals surface area contributed by atoms with Gasteiger partial charge < -0.3 is 14.6 Å². The fourth-order valence-corrected chi connectivity index (χ4v) is 6.58. The van der Waals surface area contributed by atoms with Crippen molar-refractivity contribution in [2.75, 3.05) is 18.0 Å². The van der Waals surface area contributed by atoms with Crippen LogP contribution in [0.3, 0.4) is 0 Å². The molecule has 10 heteroatoms. The van der Waals surface area contributed by atoms with E-state index in [-0.39, 0.29) is 10.5 Å². The Kier molecular flexibility index (Phi) is 6.00. The van der Waals surface area contributed by atoms with Gasteiger partial charge in [0.25, 0.3) is 15.9 Å². The first-order chi connectivity index (χ1) is 16.8. The summed E-state index contributed by atoms with van der Waals surface area (Å²) >= 11 is 0. The van der Waals surface area contributed by atoms with E-state index in [0.717, 1.165) is 24.8 Å². The van der Waals surface area contributed by atoms with Gasteiger partial charge in [-0.2, -0.15) is 4.98 Å². The second-order valence-corrected chi connectivity index (χ2v) is 10.9. The van der Waals surface area contributed by atoms with Gasteiger partial charge in [0.2, 0.25) is 5.89 Å². The average Bonchev–Trinajstić information content (AvgIpc) is 3.51. The Bertz CT molecular complexity index is 1360.